The van der Waals surface area contributed by atoms with Gasteiger partial charge in [0.05, 0.1) is 13.2 Å². The highest BCUT2D eigenvalue weighted by atomic mass is 16.7. The molecule has 1 saturated carbocycles. The molecule has 0 amide bonds. The molecule has 168 valence electrons. The molecule has 31 heavy (non-hydrogen) atoms. The lowest BCUT2D eigenvalue weighted by Crippen LogP contribution is -2.27. The monoisotopic (exact) mass is 420 g/mol. The van der Waals surface area contributed by atoms with E-state index < -0.39 is 0 Å². The first-order valence-corrected chi connectivity index (χ1v) is 12.7. The molecule has 1 heterocycles. The minimum absolute atomic E-state index is 0.228. The SMILES string of the molecule is CCCCc1ccc(C2COC(c3ccc(CCC)cc3)OC2)c(C2CCCCC2)c1. The van der Waals surface area contributed by atoms with Gasteiger partial charge < -0.3 is 9.47 Å². The highest BCUT2D eigenvalue weighted by Crippen LogP contribution is 2.39. The third-order valence-corrected chi connectivity index (χ3v) is 7.14. The van der Waals surface area contributed by atoms with Crippen LogP contribution in [-0.4, -0.2) is 13.2 Å². The fourth-order valence-electron chi connectivity index (χ4n) is 5.31. The maximum absolute atomic E-state index is 6.25. The van der Waals surface area contributed by atoms with Crippen molar-refractivity contribution < 1.29 is 9.47 Å². The first-order valence-electron chi connectivity index (χ1n) is 12.7. The molecule has 2 fully saturated rings. The zero-order valence-corrected chi connectivity index (χ0v) is 19.6. The molecule has 0 spiro atoms. The molecule has 0 bridgehead atoms. The molecular weight excluding hydrogens is 380 g/mol. The van der Waals surface area contributed by atoms with E-state index in [1.54, 1.807) is 5.56 Å². The fourth-order valence-corrected chi connectivity index (χ4v) is 5.31. The van der Waals surface area contributed by atoms with Crippen molar-refractivity contribution in [3.63, 3.8) is 0 Å². The van der Waals surface area contributed by atoms with Crippen molar-refractivity contribution in [3.8, 4) is 0 Å². The Morgan fingerprint density at radius 2 is 1.42 bits per heavy atom. The largest absolute Gasteiger partial charge is 0.348 e. The molecule has 2 nitrogen and oxygen atoms in total. The maximum Gasteiger partial charge on any atom is 0.183 e. The number of benzene rings is 2. The van der Waals surface area contributed by atoms with Gasteiger partial charge in [0.25, 0.3) is 0 Å². The van der Waals surface area contributed by atoms with E-state index in [1.165, 1.54) is 74.5 Å². The summed E-state index contributed by atoms with van der Waals surface area (Å²) in [6.45, 7) is 5.99. The Morgan fingerprint density at radius 3 is 2.10 bits per heavy atom. The summed E-state index contributed by atoms with van der Waals surface area (Å²) in [4.78, 5) is 0. The summed E-state index contributed by atoms with van der Waals surface area (Å²) in [5.74, 6) is 1.06. The quantitative estimate of drug-likeness (QED) is 0.433. The number of hydrogen-bond donors (Lipinski definition) is 0. The third kappa shape index (κ3) is 5.79. The summed E-state index contributed by atoms with van der Waals surface area (Å²) in [6, 6.07) is 16.1. The highest BCUT2D eigenvalue weighted by Gasteiger charge is 2.28. The molecule has 2 heteroatoms. The average molecular weight is 421 g/mol. The van der Waals surface area contributed by atoms with Gasteiger partial charge in [0.15, 0.2) is 6.29 Å². The van der Waals surface area contributed by atoms with Crippen LogP contribution >= 0.6 is 0 Å². The minimum atomic E-state index is -0.228. The second-order valence-corrected chi connectivity index (χ2v) is 9.59. The molecular formula is C29H40O2. The van der Waals surface area contributed by atoms with Gasteiger partial charge in [-0.05, 0) is 60.3 Å². The van der Waals surface area contributed by atoms with Gasteiger partial charge in [-0.3, -0.25) is 0 Å². The maximum atomic E-state index is 6.25. The van der Waals surface area contributed by atoms with Crippen LogP contribution in [0.3, 0.4) is 0 Å². The third-order valence-electron chi connectivity index (χ3n) is 7.14. The molecule has 0 unspecified atom stereocenters. The van der Waals surface area contributed by atoms with Crippen LogP contribution < -0.4 is 0 Å². The van der Waals surface area contributed by atoms with Crippen molar-refractivity contribution in [2.75, 3.05) is 13.2 Å². The van der Waals surface area contributed by atoms with E-state index in [9.17, 15) is 0 Å². The summed E-state index contributed by atoms with van der Waals surface area (Å²) < 4.78 is 12.5. The Labute approximate surface area is 189 Å². The van der Waals surface area contributed by atoms with E-state index in [2.05, 4.69) is 56.3 Å². The first kappa shape index (κ1) is 22.6. The molecule has 1 aliphatic heterocycles. The summed E-state index contributed by atoms with van der Waals surface area (Å²) in [5, 5.41) is 0. The van der Waals surface area contributed by atoms with Crippen molar-refractivity contribution in [2.45, 2.75) is 96.2 Å². The molecule has 0 atom stereocenters. The lowest BCUT2D eigenvalue weighted by Gasteiger charge is -2.33. The second-order valence-electron chi connectivity index (χ2n) is 9.59. The van der Waals surface area contributed by atoms with Crippen LogP contribution in [0.25, 0.3) is 0 Å². The molecule has 2 aromatic carbocycles. The number of hydrogen-bond acceptors (Lipinski definition) is 2. The molecule has 0 radical (unpaired) electrons. The molecule has 0 N–H and O–H groups in total. The van der Waals surface area contributed by atoms with Crippen molar-refractivity contribution in [3.05, 3.63) is 70.3 Å². The van der Waals surface area contributed by atoms with Gasteiger partial charge in [-0.15, -0.1) is 0 Å². The van der Waals surface area contributed by atoms with E-state index in [0.717, 1.165) is 25.2 Å². The smallest absolute Gasteiger partial charge is 0.183 e. The molecule has 2 aromatic rings. The van der Waals surface area contributed by atoms with Crippen molar-refractivity contribution in [2.24, 2.45) is 0 Å². The van der Waals surface area contributed by atoms with E-state index in [-0.39, 0.29) is 6.29 Å². The first-order chi connectivity index (χ1) is 15.3. The summed E-state index contributed by atoms with van der Waals surface area (Å²) in [5.41, 5.74) is 7.10. The Hall–Kier alpha value is -1.64. The fraction of sp³-hybridized carbons (Fsp3) is 0.586. The van der Waals surface area contributed by atoms with Gasteiger partial charge in [-0.1, -0.05) is 88.4 Å². The lowest BCUT2D eigenvalue weighted by molar-refractivity contribution is -0.191. The van der Waals surface area contributed by atoms with E-state index in [0.29, 0.717) is 11.8 Å². The van der Waals surface area contributed by atoms with Gasteiger partial charge in [-0.2, -0.15) is 0 Å². The van der Waals surface area contributed by atoms with Crippen molar-refractivity contribution in [1.82, 2.24) is 0 Å². The molecule has 1 aliphatic carbocycles. The number of rotatable bonds is 8. The number of aryl methyl sites for hydroxylation is 2. The van der Waals surface area contributed by atoms with Crippen LogP contribution in [0.15, 0.2) is 42.5 Å². The van der Waals surface area contributed by atoms with E-state index >= 15 is 0 Å². The van der Waals surface area contributed by atoms with Gasteiger partial charge in [0, 0.05) is 11.5 Å². The van der Waals surface area contributed by atoms with E-state index in [4.69, 9.17) is 9.47 Å². The standard InChI is InChI=1S/C29H40O2/c1-3-5-10-23-15-18-27(28(19-23)24-11-7-6-8-12-24)26-20-30-29(31-21-26)25-16-13-22(9-4-2)14-17-25/h13-19,24,26,29H,3-12,20-21H2,1-2H3. The van der Waals surface area contributed by atoms with Crippen LogP contribution in [0.5, 0.6) is 0 Å². The Bertz CT molecular complexity index is 796. The zero-order valence-electron chi connectivity index (χ0n) is 19.6. The van der Waals surface area contributed by atoms with E-state index in [1.807, 2.05) is 0 Å². The Morgan fingerprint density at radius 1 is 0.710 bits per heavy atom. The number of unbranched alkanes of at least 4 members (excludes halogenated alkanes) is 1. The Balaban J connectivity index is 1.46. The van der Waals surface area contributed by atoms with Crippen LogP contribution in [0.1, 0.15) is 111 Å². The lowest BCUT2D eigenvalue weighted by atomic mass is 9.78. The van der Waals surface area contributed by atoms with Gasteiger partial charge in [0.2, 0.25) is 0 Å². The second kappa shape index (κ2) is 11.3. The van der Waals surface area contributed by atoms with Gasteiger partial charge in [-0.25, -0.2) is 0 Å². The molecule has 0 aromatic heterocycles. The van der Waals surface area contributed by atoms with Crippen LogP contribution in [-0.2, 0) is 22.3 Å². The summed E-state index contributed by atoms with van der Waals surface area (Å²) in [6.07, 6.45) is 12.6. The predicted molar refractivity (Wildman–Crippen MR) is 129 cm³/mol. The van der Waals surface area contributed by atoms with Crippen LogP contribution in [0.4, 0.5) is 0 Å². The molecule has 1 saturated heterocycles. The van der Waals surface area contributed by atoms with Gasteiger partial charge >= 0.3 is 0 Å². The van der Waals surface area contributed by atoms with Crippen LogP contribution in [0.2, 0.25) is 0 Å². The van der Waals surface area contributed by atoms with Crippen LogP contribution in [0, 0.1) is 0 Å². The summed E-state index contributed by atoms with van der Waals surface area (Å²) in [7, 11) is 0. The molecule has 4 rings (SSSR count). The normalized spacial score (nSPS) is 22.5. The Kier molecular flexibility index (Phi) is 8.21. The number of ether oxygens (including phenoxy) is 2. The summed E-state index contributed by atoms with van der Waals surface area (Å²) >= 11 is 0. The predicted octanol–water partition coefficient (Wildman–Crippen LogP) is 7.86. The highest BCUT2D eigenvalue weighted by molar-refractivity contribution is 5.38. The van der Waals surface area contributed by atoms with Crippen molar-refractivity contribution >= 4 is 0 Å². The average Bonchev–Trinajstić information content (AvgIpc) is 2.84. The van der Waals surface area contributed by atoms with Crippen molar-refractivity contribution in [1.29, 1.82) is 0 Å². The van der Waals surface area contributed by atoms with Gasteiger partial charge in [0.1, 0.15) is 0 Å². The topological polar surface area (TPSA) is 18.5 Å². The molecule has 2 aliphatic rings. The minimum Gasteiger partial charge on any atom is -0.348 e. The zero-order chi connectivity index (χ0) is 21.5.